The summed E-state index contributed by atoms with van der Waals surface area (Å²) in [5.74, 6) is 1.33. The summed E-state index contributed by atoms with van der Waals surface area (Å²) >= 11 is 0. The third kappa shape index (κ3) is 4.05. The van der Waals surface area contributed by atoms with E-state index in [1.165, 1.54) is 43.4 Å². The molecule has 0 aliphatic heterocycles. The van der Waals surface area contributed by atoms with Crippen molar-refractivity contribution in [2.75, 3.05) is 0 Å². The molecule has 1 unspecified atom stereocenters. The Hall–Kier alpha value is -1.37. The van der Waals surface area contributed by atoms with Gasteiger partial charge in [0, 0.05) is 6.20 Å². The van der Waals surface area contributed by atoms with Gasteiger partial charge in [-0.2, -0.15) is 0 Å². The highest BCUT2D eigenvalue weighted by Gasteiger charge is 2.21. The summed E-state index contributed by atoms with van der Waals surface area (Å²) in [6.07, 6.45) is 14.1. The molecule has 0 saturated heterocycles. The molecule has 1 aliphatic carbocycles. The first kappa shape index (κ1) is 14.0. The number of allylic oxidation sites excluding steroid dienone is 3. The zero-order valence-electron chi connectivity index (χ0n) is 12.0. The van der Waals surface area contributed by atoms with Crippen LogP contribution in [-0.4, -0.2) is 4.98 Å². The van der Waals surface area contributed by atoms with Gasteiger partial charge in [-0.15, -0.1) is 6.58 Å². The second kappa shape index (κ2) is 7.28. The fourth-order valence-electron chi connectivity index (χ4n) is 2.97. The van der Waals surface area contributed by atoms with Crippen LogP contribution in [-0.2, 0) is 0 Å². The van der Waals surface area contributed by atoms with Crippen LogP contribution in [0.25, 0.3) is 5.57 Å². The zero-order valence-corrected chi connectivity index (χ0v) is 12.0. The molecule has 1 aromatic heterocycles. The van der Waals surface area contributed by atoms with Crippen LogP contribution >= 0.6 is 0 Å². The molecule has 0 bridgehead atoms. The van der Waals surface area contributed by atoms with Crippen molar-refractivity contribution in [3.8, 4) is 0 Å². The van der Waals surface area contributed by atoms with Crippen LogP contribution in [0.15, 0.2) is 43.1 Å². The Bertz CT molecular complexity index is 413. The van der Waals surface area contributed by atoms with Crippen LogP contribution < -0.4 is 0 Å². The summed E-state index contributed by atoms with van der Waals surface area (Å²) in [6, 6.07) is 6.25. The Morgan fingerprint density at radius 2 is 2.21 bits per heavy atom. The molecule has 102 valence electrons. The van der Waals surface area contributed by atoms with Crippen molar-refractivity contribution in [2.24, 2.45) is 11.8 Å². The summed E-state index contributed by atoms with van der Waals surface area (Å²) < 4.78 is 0. The third-order valence-corrected chi connectivity index (χ3v) is 4.05. The van der Waals surface area contributed by atoms with Crippen molar-refractivity contribution >= 4 is 5.57 Å². The van der Waals surface area contributed by atoms with Crippen molar-refractivity contribution in [1.29, 1.82) is 0 Å². The molecule has 1 saturated carbocycles. The minimum Gasteiger partial charge on any atom is -0.257 e. The van der Waals surface area contributed by atoms with Gasteiger partial charge in [0.15, 0.2) is 0 Å². The lowest BCUT2D eigenvalue weighted by atomic mass is 9.90. The highest BCUT2D eigenvalue weighted by Crippen LogP contribution is 2.36. The van der Waals surface area contributed by atoms with E-state index >= 15 is 0 Å². The van der Waals surface area contributed by atoms with Gasteiger partial charge in [0.05, 0.1) is 5.69 Å². The monoisotopic (exact) mass is 255 g/mol. The lowest BCUT2D eigenvalue weighted by Crippen LogP contribution is -2.03. The van der Waals surface area contributed by atoms with E-state index in [1.54, 1.807) is 0 Å². The highest BCUT2D eigenvalue weighted by molar-refractivity contribution is 5.65. The Kier molecular flexibility index (Phi) is 5.38. The van der Waals surface area contributed by atoms with Crippen LogP contribution in [0.3, 0.4) is 0 Å². The SMILES string of the molecule is C=CCCC(C)/C=C(\c1ccccn1)C1CCCC1. The molecular formula is C18H25N. The fourth-order valence-corrected chi connectivity index (χ4v) is 2.97. The Morgan fingerprint density at radius 1 is 1.42 bits per heavy atom. The molecule has 19 heavy (non-hydrogen) atoms. The first-order valence-electron chi connectivity index (χ1n) is 7.55. The average molecular weight is 255 g/mol. The lowest BCUT2D eigenvalue weighted by molar-refractivity contribution is 0.641. The number of pyridine rings is 1. The van der Waals surface area contributed by atoms with E-state index in [9.17, 15) is 0 Å². The van der Waals surface area contributed by atoms with E-state index in [-0.39, 0.29) is 0 Å². The van der Waals surface area contributed by atoms with Gasteiger partial charge in [0.1, 0.15) is 0 Å². The van der Waals surface area contributed by atoms with Crippen LogP contribution in [0.2, 0.25) is 0 Å². The number of rotatable bonds is 6. The average Bonchev–Trinajstić information content (AvgIpc) is 2.97. The van der Waals surface area contributed by atoms with Crippen molar-refractivity contribution in [2.45, 2.75) is 45.4 Å². The van der Waals surface area contributed by atoms with Gasteiger partial charge in [-0.05, 0) is 55.2 Å². The van der Waals surface area contributed by atoms with E-state index in [4.69, 9.17) is 0 Å². The topological polar surface area (TPSA) is 12.9 Å². The van der Waals surface area contributed by atoms with Gasteiger partial charge in [-0.3, -0.25) is 4.98 Å². The van der Waals surface area contributed by atoms with Crippen molar-refractivity contribution in [1.82, 2.24) is 4.98 Å². The molecule has 1 aliphatic rings. The summed E-state index contributed by atoms with van der Waals surface area (Å²) in [4.78, 5) is 4.57. The predicted octanol–water partition coefficient (Wildman–Crippen LogP) is 5.26. The smallest absolute Gasteiger partial charge is 0.0661 e. The maximum Gasteiger partial charge on any atom is 0.0661 e. The van der Waals surface area contributed by atoms with Crippen molar-refractivity contribution < 1.29 is 0 Å². The maximum absolute atomic E-state index is 4.57. The summed E-state index contributed by atoms with van der Waals surface area (Å²) in [5, 5.41) is 0. The molecule has 0 spiro atoms. The van der Waals surface area contributed by atoms with Crippen LogP contribution in [0.1, 0.15) is 51.1 Å². The molecule has 1 heteroatoms. The molecule has 0 aromatic carbocycles. The van der Waals surface area contributed by atoms with E-state index < -0.39 is 0 Å². The lowest BCUT2D eigenvalue weighted by Gasteiger charge is -2.16. The normalized spacial score (nSPS) is 18.5. The van der Waals surface area contributed by atoms with Gasteiger partial charge < -0.3 is 0 Å². The highest BCUT2D eigenvalue weighted by atomic mass is 14.7. The third-order valence-electron chi connectivity index (χ3n) is 4.05. The predicted molar refractivity (Wildman–Crippen MR) is 82.8 cm³/mol. The minimum atomic E-state index is 0.607. The van der Waals surface area contributed by atoms with E-state index in [2.05, 4.69) is 36.7 Å². The van der Waals surface area contributed by atoms with Crippen molar-refractivity contribution in [3.05, 3.63) is 48.8 Å². The molecule has 0 radical (unpaired) electrons. The molecule has 1 atom stereocenters. The maximum atomic E-state index is 4.57. The van der Waals surface area contributed by atoms with Gasteiger partial charge >= 0.3 is 0 Å². The molecular weight excluding hydrogens is 230 g/mol. The standard InChI is InChI=1S/C18H25N/c1-3-4-9-15(2)14-17(16-10-5-6-11-16)18-12-7-8-13-19-18/h3,7-8,12-16H,1,4-6,9-11H2,2H3/b17-14-. The molecule has 1 heterocycles. The minimum absolute atomic E-state index is 0.607. The van der Waals surface area contributed by atoms with Gasteiger partial charge in [0.25, 0.3) is 0 Å². The van der Waals surface area contributed by atoms with E-state index in [0.717, 1.165) is 12.3 Å². The Balaban J connectivity index is 2.18. The fraction of sp³-hybridized carbons (Fsp3) is 0.500. The summed E-state index contributed by atoms with van der Waals surface area (Å²) in [6.45, 7) is 6.12. The second-order valence-corrected chi connectivity index (χ2v) is 5.66. The van der Waals surface area contributed by atoms with Gasteiger partial charge in [-0.1, -0.05) is 38.0 Å². The first-order valence-corrected chi connectivity index (χ1v) is 7.55. The second-order valence-electron chi connectivity index (χ2n) is 5.66. The van der Waals surface area contributed by atoms with Crippen molar-refractivity contribution in [3.63, 3.8) is 0 Å². The number of nitrogens with zero attached hydrogens (tertiary/aromatic N) is 1. The summed E-state index contributed by atoms with van der Waals surface area (Å²) in [5.41, 5.74) is 2.66. The molecule has 2 rings (SSSR count). The molecule has 1 fully saturated rings. The molecule has 1 nitrogen and oxygen atoms in total. The van der Waals surface area contributed by atoms with E-state index in [0.29, 0.717) is 5.92 Å². The Morgan fingerprint density at radius 3 is 2.84 bits per heavy atom. The Labute approximate surface area is 117 Å². The quantitative estimate of drug-likeness (QED) is 0.632. The first-order chi connectivity index (χ1) is 9.31. The van der Waals surface area contributed by atoms with Gasteiger partial charge in [0.2, 0.25) is 0 Å². The summed E-state index contributed by atoms with van der Waals surface area (Å²) in [7, 11) is 0. The van der Waals surface area contributed by atoms with E-state index in [1.807, 2.05) is 18.3 Å². The van der Waals surface area contributed by atoms with Crippen LogP contribution in [0.4, 0.5) is 0 Å². The van der Waals surface area contributed by atoms with Crippen LogP contribution in [0, 0.1) is 11.8 Å². The largest absolute Gasteiger partial charge is 0.257 e. The zero-order chi connectivity index (χ0) is 13.5. The van der Waals surface area contributed by atoms with Gasteiger partial charge in [-0.25, -0.2) is 0 Å². The molecule has 1 aromatic rings. The molecule has 0 N–H and O–H groups in total. The number of aromatic nitrogens is 1. The van der Waals surface area contributed by atoms with Crippen LogP contribution in [0.5, 0.6) is 0 Å². The molecule has 0 amide bonds. The number of hydrogen-bond donors (Lipinski definition) is 0. The number of hydrogen-bond acceptors (Lipinski definition) is 1.